The Morgan fingerprint density at radius 2 is 2.04 bits per heavy atom. The second-order valence-corrected chi connectivity index (χ2v) is 5.59. The van der Waals surface area contributed by atoms with E-state index in [-0.39, 0.29) is 18.5 Å². The summed E-state index contributed by atoms with van der Waals surface area (Å²) in [5.41, 5.74) is 2.38. The van der Waals surface area contributed by atoms with Crippen LogP contribution in [0, 0.1) is 0 Å². The first-order chi connectivity index (χ1) is 11.4. The molecule has 7 heteroatoms. The maximum atomic E-state index is 13.8. The van der Waals surface area contributed by atoms with Gasteiger partial charge in [0.05, 0.1) is 6.61 Å². The van der Waals surface area contributed by atoms with Gasteiger partial charge in [-0.2, -0.15) is 13.2 Å². The van der Waals surface area contributed by atoms with Gasteiger partial charge in [0.15, 0.2) is 6.04 Å². The first-order valence-electron chi connectivity index (χ1n) is 7.68. The van der Waals surface area contributed by atoms with Crippen molar-refractivity contribution >= 4 is 16.7 Å². The lowest BCUT2D eigenvalue weighted by Gasteiger charge is -2.30. The molecule has 0 radical (unpaired) electrons. The predicted octanol–water partition coefficient (Wildman–Crippen LogP) is 3.58. The number of rotatable bonds is 4. The number of benzene rings is 2. The third-order valence-electron chi connectivity index (χ3n) is 3.94. The van der Waals surface area contributed by atoms with Gasteiger partial charge in [-0.15, -0.1) is 0 Å². The Kier molecular flexibility index (Phi) is 4.36. The summed E-state index contributed by atoms with van der Waals surface area (Å²) in [6.45, 7) is 2.14. The average molecular weight is 338 g/mol. The molecule has 128 valence electrons. The molecule has 1 heterocycles. The van der Waals surface area contributed by atoms with E-state index in [0.717, 1.165) is 5.01 Å². The molecule has 1 atom stereocenters. The summed E-state index contributed by atoms with van der Waals surface area (Å²) in [6.07, 6.45) is -4.49. The summed E-state index contributed by atoms with van der Waals surface area (Å²) < 4.78 is 46.8. The van der Waals surface area contributed by atoms with Crippen molar-refractivity contribution in [1.82, 2.24) is 10.4 Å². The molecule has 1 aliphatic rings. The van der Waals surface area contributed by atoms with E-state index in [1.807, 2.05) is 0 Å². The Balaban J connectivity index is 2.17. The van der Waals surface area contributed by atoms with Crippen LogP contribution < -0.4 is 10.2 Å². The van der Waals surface area contributed by atoms with Gasteiger partial charge in [-0.25, -0.2) is 5.01 Å². The molecule has 1 fully saturated rings. The lowest BCUT2D eigenvalue weighted by atomic mass is 9.97. The maximum absolute atomic E-state index is 13.8. The van der Waals surface area contributed by atoms with E-state index >= 15 is 0 Å². The molecule has 1 saturated heterocycles. The van der Waals surface area contributed by atoms with Crippen LogP contribution >= 0.6 is 0 Å². The molecule has 4 nitrogen and oxygen atoms in total. The molecular formula is C17H17F3N2O2. The summed E-state index contributed by atoms with van der Waals surface area (Å²) in [4.78, 5) is 11.4. The SMILES string of the molecule is CCOc1cc([C@H](N2CCC(=O)N2)C(F)(F)F)c2ccccc2c1. The highest BCUT2D eigenvalue weighted by Crippen LogP contribution is 2.42. The number of nitrogens with zero attached hydrogens (tertiary/aromatic N) is 1. The van der Waals surface area contributed by atoms with Crippen molar-refractivity contribution in [3.8, 4) is 5.75 Å². The lowest BCUT2D eigenvalue weighted by Crippen LogP contribution is -2.43. The van der Waals surface area contributed by atoms with Crippen LogP contribution in [0.4, 0.5) is 13.2 Å². The van der Waals surface area contributed by atoms with Crippen LogP contribution in [0.15, 0.2) is 36.4 Å². The fraction of sp³-hybridized carbons (Fsp3) is 0.353. The van der Waals surface area contributed by atoms with Crippen LogP contribution in [-0.2, 0) is 4.79 Å². The lowest BCUT2D eigenvalue weighted by molar-refractivity contribution is -0.190. The number of halogens is 3. The van der Waals surface area contributed by atoms with E-state index in [2.05, 4.69) is 5.43 Å². The fourth-order valence-electron chi connectivity index (χ4n) is 3.00. The third-order valence-corrected chi connectivity index (χ3v) is 3.94. The molecular weight excluding hydrogens is 321 g/mol. The van der Waals surface area contributed by atoms with Crippen LogP contribution in [0.1, 0.15) is 24.9 Å². The smallest absolute Gasteiger partial charge is 0.409 e. The van der Waals surface area contributed by atoms with Crippen molar-refractivity contribution in [3.05, 3.63) is 42.0 Å². The molecule has 0 spiro atoms. The van der Waals surface area contributed by atoms with Gasteiger partial charge >= 0.3 is 6.18 Å². The number of nitrogens with one attached hydrogen (secondary N) is 1. The van der Waals surface area contributed by atoms with E-state index in [4.69, 9.17) is 4.74 Å². The Morgan fingerprint density at radius 3 is 2.67 bits per heavy atom. The Morgan fingerprint density at radius 1 is 1.29 bits per heavy atom. The molecule has 0 bridgehead atoms. The maximum Gasteiger partial charge on any atom is 0.409 e. The molecule has 2 aromatic rings. The van der Waals surface area contributed by atoms with E-state index < -0.39 is 18.1 Å². The first kappa shape index (κ1) is 16.6. The zero-order valence-corrected chi connectivity index (χ0v) is 13.1. The van der Waals surface area contributed by atoms with Gasteiger partial charge in [-0.3, -0.25) is 10.2 Å². The number of hydrazine groups is 1. The highest BCUT2D eigenvalue weighted by Gasteiger charge is 2.47. The Bertz CT molecular complexity index is 761. The predicted molar refractivity (Wildman–Crippen MR) is 83.4 cm³/mol. The van der Waals surface area contributed by atoms with Crippen molar-refractivity contribution in [1.29, 1.82) is 0 Å². The van der Waals surface area contributed by atoms with E-state index in [1.165, 1.54) is 6.07 Å². The number of hydrogen-bond donors (Lipinski definition) is 1. The fourth-order valence-corrected chi connectivity index (χ4v) is 3.00. The molecule has 3 rings (SSSR count). The number of hydrogen-bond acceptors (Lipinski definition) is 3. The summed E-state index contributed by atoms with van der Waals surface area (Å²) in [5.74, 6) is -0.0273. The van der Waals surface area contributed by atoms with E-state index in [0.29, 0.717) is 23.1 Å². The molecule has 0 unspecified atom stereocenters. The van der Waals surface area contributed by atoms with E-state index in [1.54, 1.807) is 37.3 Å². The number of carbonyl (C=O) groups excluding carboxylic acids is 1. The molecule has 1 aliphatic heterocycles. The van der Waals surface area contributed by atoms with Crippen molar-refractivity contribution in [2.24, 2.45) is 0 Å². The average Bonchev–Trinajstić information content (AvgIpc) is 2.92. The topological polar surface area (TPSA) is 41.6 Å². The second-order valence-electron chi connectivity index (χ2n) is 5.59. The molecule has 2 aromatic carbocycles. The van der Waals surface area contributed by atoms with Gasteiger partial charge in [0.2, 0.25) is 5.91 Å². The quantitative estimate of drug-likeness (QED) is 0.926. The molecule has 1 N–H and O–H groups in total. The highest BCUT2D eigenvalue weighted by molar-refractivity contribution is 5.88. The standard InChI is InChI=1S/C17H17F3N2O2/c1-2-24-12-9-11-5-3-4-6-13(11)14(10-12)16(17(18,19)20)22-8-7-15(23)21-22/h3-6,9-10,16H,2,7-8H2,1H3,(H,21,23)/t16-/m0/s1. The number of ether oxygens (including phenoxy) is 1. The van der Waals surface area contributed by atoms with Gasteiger partial charge in [-0.05, 0) is 35.4 Å². The highest BCUT2D eigenvalue weighted by atomic mass is 19.4. The zero-order valence-electron chi connectivity index (χ0n) is 13.1. The molecule has 24 heavy (non-hydrogen) atoms. The monoisotopic (exact) mass is 338 g/mol. The minimum atomic E-state index is -4.54. The summed E-state index contributed by atoms with van der Waals surface area (Å²) >= 11 is 0. The van der Waals surface area contributed by atoms with Crippen molar-refractivity contribution in [2.75, 3.05) is 13.2 Å². The molecule has 0 aromatic heterocycles. The van der Waals surface area contributed by atoms with Gasteiger partial charge in [-0.1, -0.05) is 24.3 Å². The third kappa shape index (κ3) is 3.17. The number of carbonyl (C=O) groups is 1. The van der Waals surface area contributed by atoms with Crippen LogP contribution in [0.5, 0.6) is 5.75 Å². The van der Waals surface area contributed by atoms with Crippen molar-refractivity contribution in [3.63, 3.8) is 0 Å². The van der Waals surface area contributed by atoms with Crippen LogP contribution in [0.25, 0.3) is 10.8 Å². The van der Waals surface area contributed by atoms with Gasteiger partial charge in [0, 0.05) is 13.0 Å². The van der Waals surface area contributed by atoms with Crippen molar-refractivity contribution in [2.45, 2.75) is 25.6 Å². The van der Waals surface area contributed by atoms with Gasteiger partial charge in [0.1, 0.15) is 5.75 Å². The largest absolute Gasteiger partial charge is 0.494 e. The van der Waals surface area contributed by atoms with Crippen LogP contribution in [0.2, 0.25) is 0 Å². The van der Waals surface area contributed by atoms with Gasteiger partial charge in [0.25, 0.3) is 0 Å². The van der Waals surface area contributed by atoms with E-state index in [9.17, 15) is 18.0 Å². The van der Waals surface area contributed by atoms with Crippen molar-refractivity contribution < 1.29 is 22.7 Å². The minimum Gasteiger partial charge on any atom is -0.494 e. The number of alkyl halides is 3. The minimum absolute atomic E-state index is 0.0101. The Hall–Kier alpha value is -2.28. The van der Waals surface area contributed by atoms with Crippen LogP contribution in [-0.4, -0.2) is 30.2 Å². The summed E-state index contributed by atoms with van der Waals surface area (Å²) in [5, 5.41) is 2.11. The molecule has 1 amide bonds. The Labute approximate surface area is 137 Å². The van der Waals surface area contributed by atoms with Gasteiger partial charge < -0.3 is 4.74 Å². The summed E-state index contributed by atoms with van der Waals surface area (Å²) in [6, 6.07) is 8.07. The molecule has 0 saturated carbocycles. The number of amides is 1. The number of fused-ring (bicyclic) bond motifs is 1. The first-order valence-corrected chi connectivity index (χ1v) is 7.68. The molecule has 0 aliphatic carbocycles. The summed E-state index contributed by atoms with van der Waals surface area (Å²) in [7, 11) is 0. The van der Waals surface area contributed by atoms with Crippen LogP contribution in [0.3, 0.4) is 0 Å². The second kappa shape index (κ2) is 6.32. The normalized spacial score (nSPS) is 17.1. The zero-order chi connectivity index (χ0) is 17.3.